The molecule has 4 heterocycles. The van der Waals surface area contributed by atoms with Gasteiger partial charge >= 0.3 is 5.97 Å². The number of likely N-dealkylation sites (tertiary alicyclic amines) is 1. The van der Waals surface area contributed by atoms with E-state index in [1.807, 2.05) is 41.9 Å². The fourth-order valence-corrected chi connectivity index (χ4v) is 5.39. The summed E-state index contributed by atoms with van der Waals surface area (Å²) in [6.45, 7) is 5.70. The number of hydrogen-bond donors (Lipinski definition) is 1. The SMILES string of the molecule is Cc1cc2ncc3cc(-c4ccccc4)c(-c4ccc(CN5CCC(C(=O)O)CC5C)cc4)nc3n2n1. The van der Waals surface area contributed by atoms with Gasteiger partial charge in [-0.15, -0.1) is 0 Å². The zero-order chi connectivity index (χ0) is 25.5. The summed E-state index contributed by atoms with van der Waals surface area (Å²) >= 11 is 0. The first-order valence-electron chi connectivity index (χ1n) is 12.7. The van der Waals surface area contributed by atoms with E-state index in [9.17, 15) is 9.90 Å². The van der Waals surface area contributed by atoms with Gasteiger partial charge in [-0.3, -0.25) is 9.69 Å². The summed E-state index contributed by atoms with van der Waals surface area (Å²) in [5.74, 6) is -0.907. The van der Waals surface area contributed by atoms with E-state index in [-0.39, 0.29) is 12.0 Å². The van der Waals surface area contributed by atoms with Gasteiger partial charge in [-0.2, -0.15) is 9.61 Å². The Labute approximate surface area is 215 Å². The van der Waals surface area contributed by atoms with E-state index in [1.54, 1.807) is 0 Å². The predicted molar refractivity (Wildman–Crippen MR) is 144 cm³/mol. The number of aliphatic carboxylic acids is 1. The van der Waals surface area contributed by atoms with Crippen LogP contribution in [-0.2, 0) is 11.3 Å². The highest BCUT2D eigenvalue weighted by Crippen LogP contribution is 2.34. The lowest BCUT2D eigenvalue weighted by Gasteiger charge is -2.36. The van der Waals surface area contributed by atoms with Crippen LogP contribution in [0.3, 0.4) is 0 Å². The fraction of sp³-hybridized carbons (Fsp3) is 0.267. The molecule has 0 spiro atoms. The van der Waals surface area contributed by atoms with Gasteiger partial charge in [-0.05, 0) is 50.4 Å². The van der Waals surface area contributed by atoms with Crippen molar-refractivity contribution in [3.05, 3.63) is 84.2 Å². The van der Waals surface area contributed by atoms with E-state index >= 15 is 0 Å². The Morgan fingerprint density at radius 2 is 1.84 bits per heavy atom. The van der Waals surface area contributed by atoms with Crippen LogP contribution in [0.2, 0.25) is 0 Å². The third-order valence-corrected chi connectivity index (χ3v) is 7.44. The summed E-state index contributed by atoms with van der Waals surface area (Å²) in [6, 6.07) is 23.3. The Bertz CT molecular complexity index is 1590. The Morgan fingerprint density at radius 3 is 2.57 bits per heavy atom. The largest absolute Gasteiger partial charge is 0.481 e. The summed E-state index contributed by atoms with van der Waals surface area (Å²) in [7, 11) is 0. The first kappa shape index (κ1) is 23.3. The van der Waals surface area contributed by atoms with Gasteiger partial charge < -0.3 is 5.11 Å². The molecule has 1 N–H and O–H groups in total. The summed E-state index contributed by atoms with van der Waals surface area (Å²) < 4.78 is 1.82. The molecule has 0 amide bonds. The highest BCUT2D eigenvalue weighted by atomic mass is 16.4. The lowest BCUT2D eigenvalue weighted by Crippen LogP contribution is -2.42. The number of hydrogen-bond acceptors (Lipinski definition) is 5. The van der Waals surface area contributed by atoms with Crippen molar-refractivity contribution in [2.24, 2.45) is 5.92 Å². The van der Waals surface area contributed by atoms with Crippen molar-refractivity contribution in [2.45, 2.75) is 39.3 Å². The average molecular weight is 492 g/mol. The van der Waals surface area contributed by atoms with Crippen molar-refractivity contribution < 1.29 is 9.90 Å². The van der Waals surface area contributed by atoms with E-state index in [2.05, 4.69) is 64.4 Å². The molecule has 1 saturated heterocycles. The number of fused-ring (bicyclic) bond motifs is 3. The molecule has 6 rings (SSSR count). The Balaban J connectivity index is 1.37. The maximum Gasteiger partial charge on any atom is 0.306 e. The molecule has 7 heteroatoms. The molecule has 7 nitrogen and oxygen atoms in total. The number of carboxylic acid groups (broad SMARTS) is 1. The van der Waals surface area contributed by atoms with Gasteiger partial charge in [0.2, 0.25) is 0 Å². The van der Waals surface area contributed by atoms with Crippen LogP contribution >= 0.6 is 0 Å². The van der Waals surface area contributed by atoms with Crippen molar-refractivity contribution in [3.8, 4) is 22.4 Å². The minimum absolute atomic E-state index is 0.232. The van der Waals surface area contributed by atoms with Gasteiger partial charge in [0.05, 0.1) is 17.3 Å². The number of piperidine rings is 1. The second kappa shape index (κ2) is 9.41. The van der Waals surface area contributed by atoms with Gasteiger partial charge in [-0.25, -0.2) is 9.97 Å². The molecule has 2 unspecified atom stereocenters. The van der Waals surface area contributed by atoms with Crippen LogP contribution in [-0.4, -0.2) is 48.1 Å². The molecule has 0 bridgehead atoms. The van der Waals surface area contributed by atoms with Crippen LogP contribution in [0, 0.1) is 12.8 Å². The third kappa shape index (κ3) is 4.47. The van der Waals surface area contributed by atoms with Crippen LogP contribution in [0.5, 0.6) is 0 Å². The second-order valence-electron chi connectivity index (χ2n) is 10.1. The van der Waals surface area contributed by atoms with Crippen LogP contribution in [0.4, 0.5) is 0 Å². The number of rotatable bonds is 5. The number of pyridine rings is 1. The number of carbonyl (C=O) groups is 1. The molecule has 3 aromatic heterocycles. The summed E-state index contributed by atoms with van der Waals surface area (Å²) in [4.78, 5) is 23.5. The van der Waals surface area contributed by atoms with Crippen molar-refractivity contribution in [3.63, 3.8) is 0 Å². The monoisotopic (exact) mass is 491 g/mol. The van der Waals surface area contributed by atoms with Crippen LogP contribution in [0.15, 0.2) is 72.9 Å². The smallest absolute Gasteiger partial charge is 0.306 e. The maximum atomic E-state index is 11.4. The Kier molecular flexibility index (Phi) is 5.93. The second-order valence-corrected chi connectivity index (χ2v) is 10.1. The number of aromatic nitrogens is 4. The summed E-state index contributed by atoms with van der Waals surface area (Å²) in [5, 5.41) is 14.9. The fourth-order valence-electron chi connectivity index (χ4n) is 5.39. The molecule has 0 radical (unpaired) electrons. The topological polar surface area (TPSA) is 83.6 Å². The molecule has 5 aromatic rings. The maximum absolute atomic E-state index is 11.4. The lowest BCUT2D eigenvalue weighted by atomic mass is 9.91. The minimum atomic E-state index is -0.675. The first-order valence-corrected chi connectivity index (χ1v) is 12.7. The van der Waals surface area contributed by atoms with Gasteiger partial charge in [0.25, 0.3) is 0 Å². The molecule has 1 fully saturated rings. The highest BCUT2D eigenvalue weighted by Gasteiger charge is 2.29. The van der Waals surface area contributed by atoms with Crippen molar-refractivity contribution in [1.29, 1.82) is 0 Å². The lowest BCUT2D eigenvalue weighted by molar-refractivity contribution is -0.144. The predicted octanol–water partition coefficient (Wildman–Crippen LogP) is 5.61. The van der Waals surface area contributed by atoms with Crippen molar-refractivity contribution in [1.82, 2.24) is 24.5 Å². The molecule has 0 aliphatic carbocycles. The van der Waals surface area contributed by atoms with E-state index in [1.165, 1.54) is 5.56 Å². The van der Waals surface area contributed by atoms with E-state index in [0.29, 0.717) is 12.8 Å². The molecule has 1 aliphatic rings. The number of aryl methyl sites for hydroxylation is 1. The zero-order valence-electron chi connectivity index (χ0n) is 21.0. The highest BCUT2D eigenvalue weighted by molar-refractivity contribution is 5.90. The molecule has 2 aromatic carbocycles. The zero-order valence-corrected chi connectivity index (χ0v) is 21.0. The van der Waals surface area contributed by atoms with Crippen molar-refractivity contribution >= 4 is 22.6 Å². The number of nitrogens with zero attached hydrogens (tertiary/aromatic N) is 5. The molecule has 1 aliphatic heterocycles. The molecular weight excluding hydrogens is 462 g/mol. The normalized spacial score (nSPS) is 18.4. The van der Waals surface area contributed by atoms with Gasteiger partial charge in [0.1, 0.15) is 0 Å². The quantitative estimate of drug-likeness (QED) is 0.344. The summed E-state index contributed by atoms with van der Waals surface area (Å²) in [5.41, 5.74) is 7.77. The van der Waals surface area contributed by atoms with Gasteiger partial charge in [0.15, 0.2) is 11.3 Å². The van der Waals surface area contributed by atoms with E-state index < -0.39 is 5.97 Å². The average Bonchev–Trinajstić information content (AvgIpc) is 3.30. The first-order chi connectivity index (χ1) is 18.0. The minimum Gasteiger partial charge on any atom is -0.481 e. The Hall–Kier alpha value is -4.10. The Morgan fingerprint density at radius 1 is 1.05 bits per heavy atom. The van der Waals surface area contributed by atoms with Crippen LogP contribution in [0.25, 0.3) is 39.1 Å². The molecule has 2 atom stereocenters. The summed E-state index contributed by atoms with van der Waals surface area (Å²) in [6.07, 6.45) is 3.27. The van der Waals surface area contributed by atoms with Crippen molar-refractivity contribution in [2.75, 3.05) is 6.54 Å². The standard InChI is InChI=1S/C30H29N5O2/c1-19-14-27-31-17-25-16-26(22-6-4-3-5-7-22)28(32-29(25)35(27)33-19)23-10-8-21(9-11-23)18-34-13-12-24(30(36)37)15-20(34)2/h3-11,14,16-17,20,24H,12-13,15,18H2,1-2H3,(H,36,37). The van der Waals surface area contributed by atoms with Gasteiger partial charge in [-0.1, -0.05) is 54.6 Å². The van der Waals surface area contributed by atoms with Crippen LogP contribution in [0.1, 0.15) is 31.0 Å². The van der Waals surface area contributed by atoms with E-state index in [4.69, 9.17) is 4.98 Å². The number of carboxylic acids is 1. The molecule has 186 valence electrons. The molecule has 0 saturated carbocycles. The molecule has 37 heavy (non-hydrogen) atoms. The third-order valence-electron chi connectivity index (χ3n) is 7.44. The van der Waals surface area contributed by atoms with Crippen LogP contribution < -0.4 is 0 Å². The number of benzene rings is 2. The van der Waals surface area contributed by atoms with Gasteiger partial charge in [0, 0.05) is 41.4 Å². The van der Waals surface area contributed by atoms with E-state index in [0.717, 1.165) is 57.8 Å². The molecular formula is C30H29N5O2.